The van der Waals surface area contributed by atoms with Crippen LogP contribution in [0.4, 0.5) is 14.5 Å². The Kier molecular flexibility index (Phi) is 5.36. The molecule has 0 aliphatic carbocycles. The second-order valence-electron chi connectivity index (χ2n) is 5.44. The molecule has 0 unspecified atom stereocenters. The van der Waals surface area contributed by atoms with E-state index in [0.717, 1.165) is 6.07 Å². The van der Waals surface area contributed by atoms with Crippen LogP contribution in [0.5, 0.6) is 11.5 Å². The molecule has 0 radical (unpaired) electrons. The lowest BCUT2D eigenvalue weighted by Gasteiger charge is -2.07. The van der Waals surface area contributed by atoms with E-state index in [9.17, 15) is 23.2 Å². The van der Waals surface area contributed by atoms with E-state index in [1.165, 1.54) is 23.5 Å². The van der Waals surface area contributed by atoms with Gasteiger partial charge in [0, 0.05) is 18.2 Å². The summed E-state index contributed by atoms with van der Waals surface area (Å²) in [4.78, 5) is 35.7. The van der Waals surface area contributed by atoms with Crippen LogP contribution in [0.3, 0.4) is 0 Å². The number of rotatable bonds is 7. The normalized spacial score (nSPS) is 13.9. The van der Waals surface area contributed by atoms with Crippen LogP contribution in [0.15, 0.2) is 35.7 Å². The first-order valence-corrected chi connectivity index (χ1v) is 8.62. The van der Waals surface area contributed by atoms with Crippen molar-refractivity contribution in [3.63, 3.8) is 0 Å². The number of carbonyl (C=O) groups excluding carboxylic acids is 3. The molecule has 1 aromatic heterocycles. The molecule has 1 aliphatic rings. The minimum Gasteiger partial charge on any atom is -0.456 e. The van der Waals surface area contributed by atoms with Gasteiger partial charge in [-0.25, -0.2) is 0 Å². The average molecular weight is 397 g/mol. The molecular weight excluding hydrogens is 384 g/mol. The summed E-state index contributed by atoms with van der Waals surface area (Å²) in [6, 6.07) is 7.11. The molecule has 0 saturated carbocycles. The molecule has 0 spiro atoms. The number of benzene rings is 1. The van der Waals surface area contributed by atoms with Crippen molar-refractivity contribution in [1.82, 2.24) is 0 Å². The fourth-order valence-corrected chi connectivity index (χ4v) is 2.91. The number of ketones is 1. The third kappa shape index (κ3) is 5.00. The quantitative estimate of drug-likeness (QED) is 0.570. The molecule has 3 rings (SSSR count). The Morgan fingerprint density at radius 1 is 1.11 bits per heavy atom. The Morgan fingerprint density at radius 3 is 2.63 bits per heavy atom. The van der Waals surface area contributed by atoms with Crippen molar-refractivity contribution in [3.8, 4) is 11.5 Å². The van der Waals surface area contributed by atoms with Crippen molar-refractivity contribution < 1.29 is 37.4 Å². The molecule has 0 saturated heterocycles. The molecule has 2 aromatic rings. The number of halogens is 2. The van der Waals surface area contributed by atoms with Gasteiger partial charge in [0.05, 0.1) is 11.3 Å². The van der Waals surface area contributed by atoms with Gasteiger partial charge in [0.1, 0.15) is 0 Å². The number of nitrogens with one attached hydrogen (secondary N) is 1. The van der Waals surface area contributed by atoms with Crippen LogP contribution in [-0.2, 0) is 14.3 Å². The van der Waals surface area contributed by atoms with E-state index < -0.39 is 24.8 Å². The van der Waals surface area contributed by atoms with Gasteiger partial charge in [0.25, 0.3) is 5.91 Å². The van der Waals surface area contributed by atoms with Crippen LogP contribution in [0.2, 0.25) is 0 Å². The molecule has 0 fully saturated rings. The van der Waals surface area contributed by atoms with Crippen molar-refractivity contribution >= 4 is 34.7 Å². The number of Topliss-reactive ketones (excluding diaryl/α,β-unsaturated/α-hetero) is 1. The first kappa shape index (κ1) is 18.8. The first-order valence-electron chi connectivity index (χ1n) is 7.74. The number of esters is 1. The Bertz CT molecular complexity index is 868. The summed E-state index contributed by atoms with van der Waals surface area (Å²) in [5.41, 5.74) is 0.170. The Labute approximate surface area is 155 Å². The summed E-state index contributed by atoms with van der Waals surface area (Å²) < 4.78 is 39.2. The zero-order valence-corrected chi connectivity index (χ0v) is 14.5. The maximum Gasteiger partial charge on any atom is 0.586 e. The van der Waals surface area contributed by atoms with Gasteiger partial charge < -0.3 is 19.5 Å². The summed E-state index contributed by atoms with van der Waals surface area (Å²) in [5, 5.41) is 4.14. The smallest absolute Gasteiger partial charge is 0.456 e. The maximum atomic E-state index is 12.9. The first-order chi connectivity index (χ1) is 12.8. The van der Waals surface area contributed by atoms with Crippen LogP contribution in [0.25, 0.3) is 0 Å². The molecule has 2 heterocycles. The highest BCUT2D eigenvalue weighted by molar-refractivity contribution is 7.12. The fourth-order valence-electron chi connectivity index (χ4n) is 2.22. The zero-order valence-electron chi connectivity index (χ0n) is 13.7. The van der Waals surface area contributed by atoms with Crippen molar-refractivity contribution in [3.05, 3.63) is 40.6 Å². The Hall–Kier alpha value is -3.01. The minimum absolute atomic E-state index is 0.0165. The number of carbonyl (C=O) groups is 3. The lowest BCUT2D eigenvalue weighted by molar-refractivity contribution is -0.286. The van der Waals surface area contributed by atoms with Crippen molar-refractivity contribution in [2.24, 2.45) is 0 Å². The van der Waals surface area contributed by atoms with Gasteiger partial charge in [-0.2, -0.15) is 0 Å². The standard InChI is InChI=1S/C17H13F2NO6S/c18-17(19)25-12-5-3-10(8-13(12)26-17)20-15(22)9-24-16(23)6-4-11(21)14-2-1-7-27-14/h1-3,5,7-8H,4,6,9H2,(H,20,22). The molecule has 10 heteroatoms. The van der Waals surface area contributed by atoms with E-state index in [4.69, 9.17) is 4.74 Å². The number of amides is 1. The highest BCUT2D eigenvalue weighted by Crippen LogP contribution is 2.42. The molecule has 0 atom stereocenters. The van der Waals surface area contributed by atoms with Gasteiger partial charge in [0.15, 0.2) is 23.9 Å². The second-order valence-corrected chi connectivity index (χ2v) is 6.39. The van der Waals surface area contributed by atoms with Crippen LogP contribution >= 0.6 is 11.3 Å². The second kappa shape index (κ2) is 7.70. The minimum atomic E-state index is -3.75. The summed E-state index contributed by atoms with van der Waals surface area (Å²) >= 11 is 1.28. The zero-order chi connectivity index (χ0) is 19.4. The van der Waals surface area contributed by atoms with Crippen molar-refractivity contribution in [1.29, 1.82) is 0 Å². The molecule has 27 heavy (non-hydrogen) atoms. The number of hydrogen-bond acceptors (Lipinski definition) is 7. The van der Waals surface area contributed by atoms with E-state index in [0.29, 0.717) is 4.88 Å². The lowest BCUT2D eigenvalue weighted by atomic mass is 10.2. The Morgan fingerprint density at radius 2 is 1.89 bits per heavy atom. The third-order valence-corrected chi connectivity index (χ3v) is 4.31. The average Bonchev–Trinajstić information content (AvgIpc) is 3.23. The van der Waals surface area contributed by atoms with E-state index in [1.807, 2.05) is 0 Å². The number of ether oxygens (including phenoxy) is 3. The van der Waals surface area contributed by atoms with Gasteiger partial charge in [-0.3, -0.25) is 14.4 Å². The third-order valence-electron chi connectivity index (χ3n) is 3.40. The number of fused-ring (bicyclic) bond motifs is 1. The summed E-state index contributed by atoms with van der Waals surface area (Å²) in [6.07, 6.45) is -3.92. The van der Waals surface area contributed by atoms with Gasteiger partial charge in [-0.05, 0) is 23.6 Å². The number of alkyl halides is 2. The summed E-state index contributed by atoms with van der Waals surface area (Å²) in [6.45, 7) is -0.573. The van der Waals surface area contributed by atoms with E-state index in [1.54, 1.807) is 17.5 Å². The van der Waals surface area contributed by atoms with Crippen LogP contribution in [0, 0.1) is 0 Å². The number of anilines is 1. The van der Waals surface area contributed by atoms with Gasteiger partial charge in [0.2, 0.25) is 0 Å². The molecule has 0 bridgehead atoms. The van der Waals surface area contributed by atoms with Crippen LogP contribution < -0.4 is 14.8 Å². The lowest BCUT2D eigenvalue weighted by Crippen LogP contribution is -2.25. The van der Waals surface area contributed by atoms with E-state index in [2.05, 4.69) is 14.8 Å². The number of hydrogen-bond donors (Lipinski definition) is 1. The monoisotopic (exact) mass is 397 g/mol. The van der Waals surface area contributed by atoms with Crippen molar-refractivity contribution in [2.75, 3.05) is 11.9 Å². The molecule has 1 aliphatic heterocycles. The Balaban J connectivity index is 1.42. The summed E-state index contributed by atoms with van der Waals surface area (Å²) in [5.74, 6) is -1.91. The molecular formula is C17H13F2NO6S. The predicted octanol–water partition coefficient (Wildman–Crippen LogP) is 3.21. The molecule has 1 N–H and O–H groups in total. The van der Waals surface area contributed by atoms with Crippen LogP contribution in [-0.4, -0.2) is 30.6 Å². The largest absolute Gasteiger partial charge is 0.586 e. The topological polar surface area (TPSA) is 90.9 Å². The van der Waals surface area contributed by atoms with Gasteiger partial charge in [-0.1, -0.05) is 6.07 Å². The highest BCUT2D eigenvalue weighted by Gasteiger charge is 2.43. The van der Waals surface area contributed by atoms with E-state index in [-0.39, 0.29) is 35.8 Å². The predicted molar refractivity (Wildman–Crippen MR) is 90.1 cm³/mol. The summed E-state index contributed by atoms with van der Waals surface area (Å²) in [7, 11) is 0. The molecule has 1 aromatic carbocycles. The van der Waals surface area contributed by atoms with Gasteiger partial charge in [-0.15, -0.1) is 20.1 Å². The molecule has 1 amide bonds. The number of thiophene rings is 1. The van der Waals surface area contributed by atoms with Crippen LogP contribution in [0.1, 0.15) is 22.5 Å². The highest BCUT2D eigenvalue weighted by atomic mass is 32.1. The maximum absolute atomic E-state index is 12.9. The molecule has 142 valence electrons. The SMILES string of the molecule is O=C(COC(=O)CCC(=O)c1cccs1)Nc1ccc2c(c1)OC(F)(F)O2. The molecule has 7 nitrogen and oxygen atoms in total. The fraction of sp³-hybridized carbons (Fsp3) is 0.235. The van der Waals surface area contributed by atoms with E-state index >= 15 is 0 Å². The van der Waals surface area contributed by atoms with Crippen molar-refractivity contribution in [2.45, 2.75) is 19.1 Å². The van der Waals surface area contributed by atoms with Gasteiger partial charge >= 0.3 is 12.3 Å².